The van der Waals surface area contributed by atoms with Crippen LogP contribution in [0, 0.1) is 5.92 Å². The first-order valence-corrected chi connectivity index (χ1v) is 7.84. The number of aliphatic hydroxyl groups is 1. The Hall–Kier alpha value is -1.10. The van der Waals surface area contributed by atoms with E-state index in [1.807, 2.05) is 24.3 Å². The number of nitrogens with one attached hydrogen (secondary N) is 1. The molecule has 2 atom stereocenters. The van der Waals surface area contributed by atoms with Crippen LogP contribution in [-0.2, 0) is 11.3 Å². The third-order valence-electron chi connectivity index (χ3n) is 4.14. The molecule has 1 aliphatic heterocycles. The van der Waals surface area contributed by atoms with Gasteiger partial charge in [-0.2, -0.15) is 0 Å². The Morgan fingerprint density at radius 3 is 3.05 bits per heavy atom. The van der Waals surface area contributed by atoms with E-state index in [2.05, 4.69) is 17.1 Å². The summed E-state index contributed by atoms with van der Waals surface area (Å²) in [6.45, 7) is 3.95. The minimum Gasteiger partial charge on any atom is -0.395 e. The van der Waals surface area contributed by atoms with E-state index in [0.29, 0.717) is 24.0 Å². The summed E-state index contributed by atoms with van der Waals surface area (Å²) in [5, 5.41) is 13.1. The summed E-state index contributed by atoms with van der Waals surface area (Å²) in [5.41, 5.74) is 0.988. The quantitative estimate of drug-likeness (QED) is 0.875. The molecule has 1 amide bonds. The first-order valence-electron chi connectivity index (χ1n) is 7.46. The lowest BCUT2D eigenvalue weighted by Gasteiger charge is -2.38. The maximum absolute atomic E-state index is 12.1. The largest absolute Gasteiger partial charge is 0.395 e. The molecule has 2 unspecified atom stereocenters. The lowest BCUT2D eigenvalue weighted by molar-refractivity contribution is -0.124. The molecule has 1 aliphatic rings. The number of aliphatic hydroxyl groups excluding tert-OH is 1. The van der Waals surface area contributed by atoms with Crippen LogP contribution in [0.2, 0.25) is 5.02 Å². The highest BCUT2D eigenvalue weighted by molar-refractivity contribution is 6.30. The Labute approximate surface area is 131 Å². The second-order valence-electron chi connectivity index (χ2n) is 5.75. The third-order valence-corrected chi connectivity index (χ3v) is 4.38. The number of halogens is 1. The first-order chi connectivity index (χ1) is 10.1. The van der Waals surface area contributed by atoms with Crippen molar-refractivity contribution in [2.45, 2.75) is 32.4 Å². The third kappa shape index (κ3) is 4.70. The van der Waals surface area contributed by atoms with E-state index in [9.17, 15) is 9.90 Å². The standard InChI is InChI=1S/C16H23ClN2O2/c1-12-4-3-7-19(15(12)11-20)10-16(21)18-9-13-5-2-6-14(17)8-13/h2,5-6,8,12,15,20H,3-4,7,9-11H2,1H3,(H,18,21). The van der Waals surface area contributed by atoms with Crippen LogP contribution in [0.3, 0.4) is 0 Å². The number of carbonyl (C=O) groups is 1. The highest BCUT2D eigenvalue weighted by Gasteiger charge is 2.28. The Balaban J connectivity index is 1.83. The van der Waals surface area contributed by atoms with Gasteiger partial charge in [0.15, 0.2) is 0 Å². The molecule has 1 saturated heterocycles. The molecule has 4 nitrogen and oxygen atoms in total. The molecule has 116 valence electrons. The highest BCUT2D eigenvalue weighted by Crippen LogP contribution is 2.22. The lowest BCUT2D eigenvalue weighted by Crippen LogP contribution is -2.50. The molecule has 1 aromatic rings. The summed E-state index contributed by atoms with van der Waals surface area (Å²) >= 11 is 5.92. The monoisotopic (exact) mass is 310 g/mol. The number of nitrogens with zero attached hydrogens (tertiary/aromatic N) is 1. The Morgan fingerprint density at radius 1 is 1.52 bits per heavy atom. The number of hydrogen-bond acceptors (Lipinski definition) is 3. The van der Waals surface area contributed by atoms with E-state index < -0.39 is 0 Å². The number of likely N-dealkylation sites (tertiary alicyclic amines) is 1. The summed E-state index contributed by atoms with van der Waals surface area (Å²) < 4.78 is 0. The molecule has 5 heteroatoms. The van der Waals surface area contributed by atoms with Crippen LogP contribution in [0.4, 0.5) is 0 Å². The Morgan fingerprint density at radius 2 is 2.33 bits per heavy atom. The molecule has 1 fully saturated rings. The number of amides is 1. The van der Waals surface area contributed by atoms with Gasteiger partial charge in [-0.3, -0.25) is 9.69 Å². The molecule has 0 radical (unpaired) electrons. The predicted octanol–water partition coefficient (Wildman–Crippen LogP) is 2.05. The molecule has 0 aliphatic carbocycles. The van der Waals surface area contributed by atoms with E-state index in [4.69, 9.17) is 11.6 Å². The van der Waals surface area contributed by atoms with Gasteiger partial charge >= 0.3 is 0 Å². The highest BCUT2D eigenvalue weighted by atomic mass is 35.5. The number of benzene rings is 1. The van der Waals surface area contributed by atoms with Crippen LogP contribution < -0.4 is 5.32 Å². The molecule has 1 heterocycles. The lowest BCUT2D eigenvalue weighted by atomic mass is 9.91. The van der Waals surface area contributed by atoms with Crippen molar-refractivity contribution in [1.82, 2.24) is 10.2 Å². The second kappa shape index (κ2) is 7.78. The zero-order chi connectivity index (χ0) is 15.2. The molecule has 21 heavy (non-hydrogen) atoms. The molecule has 1 aromatic carbocycles. The number of hydrogen-bond donors (Lipinski definition) is 2. The minimum absolute atomic E-state index is 0.0116. The van der Waals surface area contributed by atoms with Crippen LogP contribution in [0.25, 0.3) is 0 Å². The van der Waals surface area contributed by atoms with Gasteiger partial charge < -0.3 is 10.4 Å². The van der Waals surface area contributed by atoms with Crippen LogP contribution in [0.5, 0.6) is 0 Å². The number of piperidine rings is 1. The van der Waals surface area contributed by atoms with Gasteiger partial charge in [-0.1, -0.05) is 30.7 Å². The fourth-order valence-corrected chi connectivity index (χ4v) is 3.13. The van der Waals surface area contributed by atoms with Crippen molar-refractivity contribution < 1.29 is 9.90 Å². The average Bonchev–Trinajstić information content (AvgIpc) is 2.45. The fourth-order valence-electron chi connectivity index (χ4n) is 2.91. The van der Waals surface area contributed by atoms with E-state index in [-0.39, 0.29) is 18.6 Å². The predicted molar refractivity (Wildman–Crippen MR) is 84.1 cm³/mol. The number of rotatable bonds is 5. The molecule has 0 aromatic heterocycles. The average molecular weight is 311 g/mol. The van der Waals surface area contributed by atoms with Crippen molar-refractivity contribution in [3.05, 3.63) is 34.9 Å². The first kappa shape index (κ1) is 16.3. The zero-order valence-corrected chi connectivity index (χ0v) is 13.1. The summed E-state index contributed by atoms with van der Waals surface area (Å²) in [6, 6.07) is 7.56. The maximum atomic E-state index is 12.1. The van der Waals surface area contributed by atoms with Crippen molar-refractivity contribution in [3.63, 3.8) is 0 Å². The van der Waals surface area contributed by atoms with E-state index >= 15 is 0 Å². The van der Waals surface area contributed by atoms with Crippen LogP contribution in [0.1, 0.15) is 25.3 Å². The Bertz CT molecular complexity index is 481. The molecule has 0 bridgehead atoms. The van der Waals surface area contributed by atoms with Gasteiger partial charge in [0.1, 0.15) is 0 Å². The van der Waals surface area contributed by atoms with E-state index in [0.717, 1.165) is 24.9 Å². The molecule has 2 rings (SSSR count). The summed E-state index contributed by atoms with van der Waals surface area (Å²) in [6.07, 6.45) is 2.20. The maximum Gasteiger partial charge on any atom is 0.234 e. The molecule has 2 N–H and O–H groups in total. The van der Waals surface area contributed by atoms with E-state index in [1.165, 1.54) is 0 Å². The Kier molecular flexibility index (Phi) is 6.03. The van der Waals surface area contributed by atoms with Gasteiger partial charge in [0, 0.05) is 17.6 Å². The SMILES string of the molecule is CC1CCCN(CC(=O)NCc2cccc(Cl)c2)C1CO. The fraction of sp³-hybridized carbons (Fsp3) is 0.562. The van der Waals surface area contributed by atoms with Gasteiger partial charge in [0.2, 0.25) is 5.91 Å². The van der Waals surface area contributed by atoms with Crippen molar-refractivity contribution in [1.29, 1.82) is 0 Å². The van der Waals surface area contributed by atoms with Gasteiger partial charge in [-0.25, -0.2) is 0 Å². The summed E-state index contributed by atoms with van der Waals surface area (Å²) in [4.78, 5) is 14.2. The normalized spacial score (nSPS) is 23.0. The van der Waals surface area contributed by atoms with Crippen LogP contribution in [0.15, 0.2) is 24.3 Å². The smallest absolute Gasteiger partial charge is 0.234 e. The topological polar surface area (TPSA) is 52.6 Å². The van der Waals surface area contributed by atoms with Gasteiger partial charge in [0.05, 0.1) is 13.2 Å². The van der Waals surface area contributed by atoms with Crippen molar-refractivity contribution in [2.75, 3.05) is 19.7 Å². The van der Waals surface area contributed by atoms with Gasteiger partial charge in [-0.05, 0) is 43.0 Å². The molecule has 0 spiro atoms. The minimum atomic E-state index is -0.0116. The summed E-state index contributed by atoms with van der Waals surface area (Å²) in [7, 11) is 0. The van der Waals surface area contributed by atoms with Crippen LogP contribution >= 0.6 is 11.6 Å². The van der Waals surface area contributed by atoms with Crippen LogP contribution in [-0.4, -0.2) is 41.7 Å². The molecular formula is C16H23ClN2O2. The molecular weight excluding hydrogens is 288 g/mol. The second-order valence-corrected chi connectivity index (χ2v) is 6.18. The van der Waals surface area contributed by atoms with Crippen molar-refractivity contribution in [3.8, 4) is 0 Å². The zero-order valence-electron chi connectivity index (χ0n) is 12.4. The van der Waals surface area contributed by atoms with Gasteiger partial charge in [-0.15, -0.1) is 0 Å². The van der Waals surface area contributed by atoms with Gasteiger partial charge in [0.25, 0.3) is 0 Å². The van der Waals surface area contributed by atoms with Crippen molar-refractivity contribution in [2.24, 2.45) is 5.92 Å². The number of carbonyl (C=O) groups excluding carboxylic acids is 1. The summed E-state index contributed by atoms with van der Waals surface area (Å²) in [5.74, 6) is 0.423. The van der Waals surface area contributed by atoms with E-state index in [1.54, 1.807) is 0 Å². The van der Waals surface area contributed by atoms with Crippen molar-refractivity contribution >= 4 is 17.5 Å². The molecule has 0 saturated carbocycles.